The maximum absolute atomic E-state index is 13.4. The van der Waals surface area contributed by atoms with Crippen LogP contribution in [-0.2, 0) is 6.42 Å². The Bertz CT molecular complexity index is 690. The van der Waals surface area contributed by atoms with Crippen LogP contribution in [-0.4, -0.2) is 9.91 Å². The second kappa shape index (κ2) is 5.47. The van der Waals surface area contributed by atoms with Crippen molar-refractivity contribution in [1.29, 1.82) is 0 Å². The van der Waals surface area contributed by atoms with E-state index in [-0.39, 0.29) is 6.04 Å². The molecule has 1 aromatic heterocycles. The van der Waals surface area contributed by atoms with Gasteiger partial charge in [-0.15, -0.1) is 0 Å². The van der Waals surface area contributed by atoms with E-state index >= 15 is 0 Å². The van der Waals surface area contributed by atoms with Crippen molar-refractivity contribution in [2.75, 3.05) is 5.32 Å². The largest absolute Gasteiger partial charge is 0.376 e. The Morgan fingerprint density at radius 1 is 1.38 bits per heavy atom. The van der Waals surface area contributed by atoms with E-state index in [0.717, 1.165) is 31.0 Å². The Labute approximate surface area is 121 Å². The van der Waals surface area contributed by atoms with Crippen LogP contribution in [0.3, 0.4) is 0 Å². The highest BCUT2D eigenvalue weighted by molar-refractivity contribution is 5.53. The zero-order valence-electron chi connectivity index (χ0n) is 11.3. The number of fused-ring (bicyclic) bond motifs is 1. The average Bonchev–Trinajstić information content (AvgIpc) is 2.49. The van der Waals surface area contributed by atoms with Crippen molar-refractivity contribution >= 4 is 11.4 Å². The second-order valence-electron chi connectivity index (χ2n) is 5.06. The minimum absolute atomic E-state index is 0.0000142. The molecule has 0 amide bonds. The molecule has 0 radical (unpaired) electrons. The van der Waals surface area contributed by atoms with Gasteiger partial charge in [0.05, 0.1) is 16.7 Å². The number of pyridine rings is 1. The van der Waals surface area contributed by atoms with Gasteiger partial charge in [0.25, 0.3) is 0 Å². The normalized spacial score (nSPS) is 17.1. The van der Waals surface area contributed by atoms with Gasteiger partial charge >= 0.3 is 5.69 Å². The summed E-state index contributed by atoms with van der Waals surface area (Å²) in [5, 5.41) is 14.0. The Morgan fingerprint density at radius 3 is 3.05 bits per heavy atom. The summed E-state index contributed by atoms with van der Waals surface area (Å²) in [4.78, 5) is 14.5. The van der Waals surface area contributed by atoms with Gasteiger partial charge < -0.3 is 5.32 Å². The lowest BCUT2D eigenvalue weighted by molar-refractivity contribution is -0.387. The lowest BCUT2D eigenvalue weighted by Gasteiger charge is -2.25. The van der Waals surface area contributed by atoms with Crippen molar-refractivity contribution in [3.05, 3.63) is 63.7 Å². The Balaban J connectivity index is 1.88. The first-order valence-corrected chi connectivity index (χ1v) is 6.79. The number of rotatable bonds is 3. The van der Waals surface area contributed by atoms with Crippen molar-refractivity contribution in [2.24, 2.45) is 0 Å². The summed E-state index contributed by atoms with van der Waals surface area (Å²) >= 11 is 0. The number of nitrogens with one attached hydrogen (secondary N) is 1. The summed E-state index contributed by atoms with van der Waals surface area (Å²) < 4.78 is 13.4. The maximum atomic E-state index is 13.4. The minimum atomic E-state index is -0.826. The van der Waals surface area contributed by atoms with Crippen LogP contribution in [0, 0.1) is 15.9 Å². The number of hydrogen-bond donors (Lipinski definition) is 1. The van der Waals surface area contributed by atoms with Crippen molar-refractivity contribution < 1.29 is 9.31 Å². The van der Waals surface area contributed by atoms with Crippen molar-refractivity contribution in [2.45, 2.75) is 25.3 Å². The SMILES string of the molecule is O=[N+]([O-])c1cc(NC2CCCc3cccnc32)ccc1F. The lowest BCUT2D eigenvalue weighted by Crippen LogP contribution is -2.18. The predicted octanol–water partition coefficient (Wildman–Crippen LogP) is 3.62. The fourth-order valence-corrected chi connectivity index (χ4v) is 2.69. The summed E-state index contributed by atoms with van der Waals surface area (Å²) in [6.45, 7) is 0. The molecule has 1 aliphatic rings. The molecule has 1 heterocycles. The van der Waals surface area contributed by atoms with E-state index in [4.69, 9.17) is 0 Å². The highest BCUT2D eigenvalue weighted by Crippen LogP contribution is 2.32. The van der Waals surface area contributed by atoms with Crippen LogP contribution in [0.25, 0.3) is 0 Å². The van der Waals surface area contributed by atoms with Crippen LogP contribution < -0.4 is 5.32 Å². The highest BCUT2D eigenvalue weighted by Gasteiger charge is 2.22. The van der Waals surface area contributed by atoms with Crippen LogP contribution in [0.1, 0.15) is 30.1 Å². The number of halogens is 1. The summed E-state index contributed by atoms with van der Waals surface area (Å²) in [5.74, 6) is -0.826. The Morgan fingerprint density at radius 2 is 2.24 bits per heavy atom. The number of anilines is 1. The number of aryl methyl sites for hydroxylation is 1. The van der Waals surface area contributed by atoms with Gasteiger partial charge in [0.1, 0.15) is 0 Å². The zero-order valence-corrected chi connectivity index (χ0v) is 11.3. The third-order valence-corrected chi connectivity index (χ3v) is 3.68. The van der Waals surface area contributed by atoms with Gasteiger partial charge in [0.2, 0.25) is 5.82 Å². The van der Waals surface area contributed by atoms with Crippen LogP contribution in [0.5, 0.6) is 0 Å². The molecule has 21 heavy (non-hydrogen) atoms. The highest BCUT2D eigenvalue weighted by atomic mass is 19.1. The van der Waals surface area contributed by atoms with E-state index in [9.17, 15) is 14.5 Å². The van der Waals surface area contributed by atoms with E-state index in [1.54, 1.807) is 6.20 Å². The first-order chi connectivity index (χ1) is 10.1. The van der Waals surface area contributed by atoms with Gasteiger partial charge in [-0.3, -0.25) is 15.1 Å². The van der Waals surface area contributed by atoms with Gasteiger partial charge in [-0.25, -0.2) is 0 Å². The second-order valence-corrected chi connectivity index (χ2v) is 5.06. The summed E-state index contributed by atoms with van der Waals surface area (Å²) in [6, 6.07) is 7.81. The molecule has 2 aromatic rings. The monoisotopic (exact) mass is 287 g/mol. The molecular formula is C15H14FN3O2. The first kappa shape index (κ1) is 13.5. The number of nitrogens with zero attached hydrogens (tertiary/aromatic N) is 2. The quantitative estimate of drug-likeness (QED) is 0.691. The molecule has 3 rings (SSSR count). The molecule has 0 bridgehead atoms. The van der Waals surface area contributed by atoms with E-state index in [1.165, 1.54) is 17.7 Å². The lowest BCUT2D eigenvalue weighted by atomic mass is 9.92. The molecule has 0 spiro atoms. The van der Waals surface area contributed by atoms with Crippen molar-refractivity contribution in [1.82, 2.24) is 4.98 Å². The van der Waals surface area contributed by atoms with Gasteiger partial charge in [0.15, 0.2) is 0 Å². The molecular weight excluding hydrogens is 273 g/mol. The first-order valence-electron chi connectivity index (χ1n) is 6.79. The van der Waals surface area contributed by atoms with E-state index in [1.807, 2.05) is 12.1 Å². The Kier molecular flexibility index (Phi) is 3.51. The minimum Gasteiger partial charge on any atom is -0.376 e. The van der Waals surface area contributed by atoms with Gasteiger partial charge in [-0.1, -0.05) is 6.07 Å². The molecule has 108 valence electrons. The summed E-state index contributed by atoms with van der Waals surface area (Å²) in [6.07, 6.45) is 4.66. The van der Waals surface area contributed by atoms with E-state index in [0.29, 0.717) is 5.69 Å². The van der Waals surface area contributed by atoms with Crippen molar-refractivity contribution in [3.63, 3.8) is 0 Å². The third-order valence-electron chi connectivity index (χ3n) is 3.68. The van der Waals surface area contributed by atoms with Crippen LogP contribution in [0.2, 0.25) is 0 Å². The van der Waals surface area contributed by atoms with Crippen molar-refractivity contribution in [3.8, 4) is 0 Å². The molecule has 1 aromatic carbocycles. The molecule has 5 nitrogen and oxygen atoms in total. The zero-order chi connectivity index (χ0) is 14.8. The van der Waals surface area contributed by atoms with Crippen LogP contribution in [0.15, 0.2) is 36.5 Å². The maximum Gasteiger partial charge on any atom is 0.306 e. The molecule has 1 atom stereocenters. The predicted molar refractivity (Wildman–Crippen MR) is 76.6 cm³/mol. The fraction of sp³-hybridized carbons (Fsp3) is 0.267. The number of aromatic nitrogens is 1. The summed E-state index contributed by atoms with van der Waals surface area (Å²) in [5.41, 5.74) is 2.18. The smallest absolute Gasteiger partial charge is 0.306 e. The molecule has 1 unspecified atom stereocenters. The van der Waals surface area contributed by atoms with Crippen LogP contribution >= 0.6 is 0 Å². The fourth-order valence-electron chi connectivity index (χ4n) is 2.69. The third kappa shape index (κ3) is 2.69. The summed E-state index contributed by atoms with van der Waals surface area (Å²) in [7, 11) is 0. The molecule has 1 N–H and O–H groups in total. The molecule has 0 aliphatic heterocycles. The molecule has 6 heteroatoms. The molecule has 0 saturated heterocycles. The standard InChI is InChI=1S/C15H14FN3O2/c16-12-7-6-11(9-14(12)19(20)21)18-13-5-1-3-10-4-2-8-17-15(10)13/h2,4,6-9,13,18H,1,3,5H2. The van der Waals surface area contributed by atoms with Gasteiger partial charge in [-0.2, -0.15) is 4.39 Å². The van der Waals surface area contributed by atoms with E-state index in [2.05, 4.69) is 10.3 Å². The van der Waals surface area contributed by atoms with E-state index < -0.39 is 16.4 Å². The molecule has 0 saturated carbocycles. The number of nitro groups is 1. The van der Waals surface area contributed by atoms with Gasteiger partial charge in [0, 0.05) is 18.0 Å². The number of nitro benzene ring substituents is 1. The average molecular weight is 287 g/mol. The van der Waals surface area contributed by atoms with Crippen LogP contribution in [0.4, 0.5) is 15.8 Å². The number of benzene rings is 1. The van der Waals surface area contributed by atoms with Gasteiger partial charge in [-0.05, 0) is 43.0 Å². The number of hydrogen-bond acceptors (Lipinski definition) is 4. The molecule has 0 fully saturated rings. The Hall–Kier alpha value is -2.50. The molecule has 1 aliphatic carbocycles. The topological polar surface area (TPSA) is 68.1 Å².